The van der Waals surface area contributed by atoms with Gasteiger partial charge in [-0.2, -0.15) is 8.61 Å². The summed E-state index contributed by atoms with van der Waals surface area (Å²) in [5, 5.41) is 0. The molecule has 1 rings (SSSR count). The van der Waals surface area contributed by atoms with Crippen molar-refractivity contribution in [2.75, 3.05) is 31.1 Å². The van der Waals surface area contributed by atoms with Crippen molar-refractivity contribution in [2.24, 2.45) is 10.8 Å². The van der Waals surface area contributed by atoms with Gasteiger partial charge in [-0.15, -0.1) is 0 Å². The Bertz CT molecular complexity index is 613. The first-order valence-electron chi connectivity index (χ1n) is 8.01. The Morgan fingerprint density at radius 1 is 0.826 bits per heavy atom. The average molecular weight is 369 g/mol. The lowest BCUT2D eigenvalue weighted by atomic mass is 10.0. The van der Waals surface area contributed by atoms with Crippen LogP contribution in [0.3, 0.4) is 0 Å². The molecule has 23 heavy (non-hydrogen) atoms. The first-order valence-corrected chi connectivity index (χ1v) is 11.2. The predicted molar refractivity (Wildman–Crippen MR) is 94.2 cm³/mol. The molecule has 0 aromatic carbocycles. The highest BCUT2D eigenvalue weighted by Gasteiger charge is 2.39. The highest BCUT2D eigenvalue weighted by Crippen LogP contribution is 2.25. The lowest BCUT2D eigenvalue weighted by Crippen LogP contribution is -2.57. The van der Waals surface area contributed by atoms with Crippen LogP contribution in [-0.2, 0) is 20.0 Å². The second-order valence-corrected chi connectivity index (χ2v) is 12.8. The molecule has 1 heterocycles. The van der Waals surface area contributed by atoms with Gasteiger partial charge in [0, 0.05) is 25.7 Å². The van der Waals surface area contributed by atoms with Gasteiger partial charge in [0.05, 0.1) is 11.5 Å². The molecule has 0 amide bonds. The van der Waals surface area contributed by atoms with Gasteiger partial charge < -0.3 is 0 Å². The van der Waals surface area contributed by atoms with Crippen molar-refractivity contribution in [3.63, 3.8) is 0 Å². The second-order valence-electron chi connectivity index (χ2n) is 8.95. The van der Waals surface area contributed by atoms with Gasteiger partial charge in [-0.3, -0.25) is 0 Å². The van der Waals surface area contributed by atoms with Crippen molar-refractivity contribution in [1.82, 2.24) is 8.61 Å². The number of rotatable bonds is 4. The van der Waals surface area contributed by atoms with Crippen molar-refractivity contribution in [1.29, 1.82) is 0 Å². The smallest absolute Gasteiger partial charge is 0.212 e. The van der Waals surface area contributed by atoms with Crippen LogP contribution in [0.4, 0.5) is 0 Å². The zero-order valence-electron chi connectivity index (χ0n) is 15.5. The van der Waals surface area contributed by atoms with E-state index in [-0.39, 0.29) is 48.0 Å². The summed E-state index contributed by atoms with van der Waals surface area (Å²) in [6, 6.07) is -0.342. The summed E-state index contributed by atoms with van der Waals surface area (Å²) in [6.07, 6.45) is 0. The van der Waals surface area contributed by atoms with Gasteiger partial charge in [0.1, 0.15) is 0 Å². The van der Waals surface area contributed by atoms with E-state index in [2.05, 4.69) is 0 Å². The normalized spacial score (nSPS) is 23.2. The topological polar surface area (TPSA) is 74.8 Å². The van der Waals surface area contributed by atoms with Gasteiger partial charge in [0.25, 0.3) is 0 Å². The highest BCUT2D eigenvalue weighted by atomic mass is 32.2. The maximum atomic E-state index is 12.6. The fourth-order valence-corrected chi connectivity index (χ4v) is 7.16. The lowest BCUT2D eigenvalue weighted by Gasteiger charge is -2.40. The minimum absolute atomic E-state index is 0.0685. The van der Waals surface area contributed by atoms with E-state index < -0.39 is 20.0 Å². The molecule has 1 saturated heterocycles. The van der Waals surface area contributed by atoms with Crippen LogP contribution in [0.5, 0.6) is 0 Å². The number of sulfonamides is 2. The van der Waals surface area contributed by atoms with Crippen molar-refractivity contribution in [3.8, 4) is 0 Å². The fraction of sp³-hybridized carbons (Fsp3) is 1.00. The Labute approximate surface area is 142 Å². The third kappa shape index (κ3) is 6.32. The molecule has 0 spiro atoms. The van der Waals surface area contributed by atoms with Crippen molar-refractivity contribution < 1.29 is 16.8 Å². The Morgan fingerprint density at radius 2 is 1.26 bits per heavy atom. The van der Waals surface area contributed by atoms with E-state index in [4.69, 9.17) is 0 Å². The van der Waals surface area contributed by atoms with Crippen LogP contribution in [0.2, 0.25) is 0 Å². The summed E-state index contributed by atoms with van der Waals surface area (Å²) in [7, 11) is -6.75. The van der Waals surface area contributed by atoms with Crippen LogP contribution in [0.25, 0.3) is 0 Å². The molecule has 138 valence electrons. The lowest BCUT2D eigenvalue weighted by molar-refractivity contribution is 0.209. The third-order valence-electron chi connectivity index (χ3n) is 3.51. The predicted octanol–water partition coefficient (Wildman–Crippen LogP) is 1.74. The Balaban J connectivity index is 2.86. The number of hydrogen-bond acceptors (Lipinski definition) is 4. The molecule has 0 aromatic rings. The number of hydrogen-bond donors (Lipinski definition) is 0. The van der Waals surface area contributed by atoms with Crippen LogP contribution in [0.1, 0.15) is 48.5 Å². The molecular weight excluding hydrogens is 336 g/mol. The zero-order valence-corrected chi connectivity index (χ0v) is 17.1. The zero-order chi connectivity index (χ0) is 18.3. The van der Waals surface area contributed by atoms with E-state index in [1.54, 1.807) is 6.92 Å². The first kappa shape index (κ1) is 20.9. The minimum Gasteiger partial charge on any atom is -0.212 e. The van der Waals surface area contributed by atoms with E-state index in [0.29, 0.717) is 0 Å². The molecule has 1 unspecified atom stereocenters. The fourth-order valence-electron chi connectivity index (χ4n) is 2.84. The Morgan fingerprint density at radius 3 is 1.65 bits per heavy atom. The first-order chi connectivity index (χ1) is 10.0. The monoisotopic (exact) mass is 368 g/mol. The molecule has 0 bridgehead atoms. The molecule has 1 aliphatic heterocycles. The van der Waals surface area contributed by atoms with Gasteiger partial charge in [0.15, 0.2) is 0 Å². The molecule has 8 heteroatoms. The molecule has 1 aliphatic rings. The van der Waals surface area contributed by atoms with Crippen LogP contribution in [0.15, 0.2) is 0 Å². The van der Waals surface area contributed by atoms with E-state index in [1.165, 1.54) is 8.61 Å². The molecule has 0 radical (unpaired) electrons. The summed E-state index contributed by atoms with van der Waals surface area (Å²) < 4.78 is 53.0. The van der Waals surface area contributed by atoms with Crippen molar-refractivity contribution in [2.45, 2.75) is 54.5 Å². The molecule has 6 nitrogen and oxygen atoms in total. The van der Waals surface area contributed by atoms with Crippen LogP contribution >= 0.6 is 0 Å². The molecule has 1 atom stereocenters. The number of nitrogens with zero attached hydrogens (tertiary/aromatic N) is 2. The summed E-state index contributed by atoms with van der Waals surface area (Å²) in [5.41, 5.74) is -0.647. The van der Waals surface area contributed by atoms with Crippen molar-refractivity contribution in [3.05, 3.63) is 0 Å². The van der Waals surface area contributed by atoms with Crippen LogP contribution in [-0.4, -0.2) is 62.6 Å². The van der Waals surface area contributed by atoms with E-state index in [1.807, 2.05) is 41.5 Å². The second kappa shape index (κ2) is 6.61. The summed E-state index contributed by atoms with van der Waals surface area (Å²) in [5.74, 6) is 0.139. The molecule has 1 fully saturated rings. The van der Waals surface area contributed by atoms with E-state index in [0.717, 1.165) is 0 Å². The summed E-state index contributed by atoms with van der Waals surface area (Å²) in [4.78, 5) is 0. The number of piperazine rings is 1. The Hall–Kier alpha value is -0.180. The summed E-state index contributed by atoms with van der Waals surface area (Å²) in [6.45, 7) is 13.8. The van der Waals surface area contributed by atoms with E-state index >= 15 is 0 Å². The molecule has 0 N–H and O–H groups in total. The van der Waals surface area contributed by atoms with E-state index in [9.17, 15) is 16.8 Å². The third-order valence-corrected chi connectivity index (χ3v) is 8.35. The molecule has 0 saturated carbocycles. The minimum atomic E-state index is -3.38. The molecular formula is C15H32N2O4S2. The van der Waals surface area contributed by atoms with Crippen LogP contribution in [0, 0.1) is 10.8 Å². The van der Waals surface area contributed by atoms with Gasteiger partial charge in [-0.25, -0.2) is 16.8 Å². The largest absolute Gasteiger partial charge is 0.214 e. The standard InChI is InChI=1S/C15H32N2O4S2/c1-13-10-16(22(18,19)11-14(2,3)4)8-9-17(13)23(20,21)12-15(5,6)7/h13H,8-12H2,1-7H3. The molecule has 0 aromatic heterocycles. The van der Waals surface area contributed by atoms with Gasteiger partial charge in [-0.1, -0.05) is 41.5 Å². The van der Waals surface area contributed by atoms with Gasteiger partial charge in [0.2, 0.25) is 20.0 Å². The molecule has 0 aliphatic carbocycles. The SMILES string of the molecule is CC1CN(S(=O)(=O)CC(C)(C)C)CCN1S(=O)(=O)CC(C)(C)C. The van der Waals surface area contributed by atoms with Crippen molar-refractivity contribution >= 4 is 20.0 Å². The van der Waals surface area contributed by atoms with Gasteiger partial charge >= 0.3 is 0 Å². The summed E-state index contributed by atoms with van der Waals surface area (Å²) >= 11 is 0. The average Bonchev–Trinajstić information content (AvgIpc) is 2.21. The maximum Gasteiger partial charge on any atom is 0.214 e. The highest BCUT2D eigenvalue weighted by molar-refractivity contribution is 7.89. The van der Waals surface area contributed by atoms with Crippen LogP contribution < -0.4 is 0 Å². The maximum absolute atomic E-state index is 12.6. The van der Waals surface area contributed by atoms with Gasteiger partial charge in [-0.05, 0) is 17.8 Å². The Kier molecular flexibility index (Phi) is 6.00. The quantitative estimate of drug-likeness (QED) is 0.757.